The molecule has 64 valence electrons. The number of hydrogen-bond donors (Lipinski definition) is 0. The molecule has 0 aromatic rings. The zero-order valence-electron chi connectivity index (χ0n) is 8.06. The van der Waals surface area contributed by atoms with Gasteiger partial charge in [0.1, 0.15) is 0 Å². The van der Waals surface area contributed by atoms with Crippen LogP contribution in [0.2, 0.25) is 0 Å². The fourth-order valence-electron chi connectivity index (χ4n) is 1.95. The summed E-state index contributed by atoms with van der Waals surface area (Å²) in [4.78, 5) is 0. The van der Waals surface area contributed by atoms with Crippen LogP contribution in [0.5, 0.6) is 0 Å². The Balaban J connectivity index is 2.45. The molecule has 0 spiro atoms. The van der Waals surface area contributed by atoms with Crippen molar-refractivity contribution >= 4 is 0 Å². The van der Waals surface area contributed by atoms with Crippen LogP contribution in [0.25, 0.3) is 0 Å². The third kappa shape index (κ3) is 3.09. The molecule has 0 heterocycles. The van der Waals surface area contributed by atoms with Gasteiger partial charge in [-0.15, -0.1) is 0 Å². The topological polar surface area (TPSA) is 0 Å². The Bertz CT molecular complexity index is 142. The van der Waals surface area contributed by atoms with E-state index in [0.717, 1.165) is 11.8 Å². The largest absolute Gasteiger partial charge is 0.0828 e. The molecule has 0 saturated heterocycles. The van der Waals surface area contributed by atoms with Crippen molar-refractivity contribution in [3.63, 3.8) is 0 Å². The van der Waals surface area contributed by atoms with E-state index in [1.54, 1.807) is 5.57 Å². The van der Waals surface area contributed by atoms with Gasteiger partial charge in [-0.1, -0.05) is 38.8 Å². The highest BCUT2D eigenvalue weighted by Crippen LogP contribution is 2.28. The van der Waals surface area contributed by atoms with Gasteiger partial charge in [-0.25, -0.2) is 0 Å². The molecule has 0 N–H and O–H groups in total. The monoisotopic (exact) mass is 152 g/mol. The van der Waals surface area contributed by atoms with Crippen LogP contribution in [0, 0.1) is 11.8 Å². The highest BCUT2D eigenvalue weighted by atomic mass is 14.2. The van der Waals surface area contributed by atoms with Crippen molar-refractivity contribution in [1.82, 2.24) is 0 Å². The summed E-state index contributed by atoms with van der Waals surface area (Å²) in [5, 5.41) is 0. The molecule has 1 rings (SSSR count). The average Bonchev–Trinajstić information content (AvgIpc) is 1.85. The van der Waals surface area contributed by atoms with E-state index in [2.05, 4.69) is 26.8 Å². The molecule has 0 nitrogen and oxygen atoms in total. The van der Waals surface area contributed by atoms with Gasteiger partial charge < -0.3 is 0 Å². The summed E-state index contributed by atoms with van der Waals surface area (Å²) in [5.41, 5.74) is 1.71. The zero-order chi connectivity index (χ0) is 8.27. The van der Waals surface area contributed by atoms with Gasteiger partial charge in [-0.3, -0.25) is 0 Å². The van der Waals surface area contributed by atoms with Gasteiger partial charge >= 0.3 is 0 Å². The maximum absolute atomic E-state index is 2.45. The first-order chi connectivity index (χ1) is 5.18. The number of allylic oxidation sites excluding steroid dienone is 2. The van der Waals surface area contributed by atoms with Gasteiger partial charge in [-0.2, -0.15) is 0 Å². The molecule has 1 unspecified atom stereocenters. The highest BCUT2D eigenvalue weighted by molar-refractivity contribution is 5.06. The van der Waals surface area contributed by atoms with Crippen molar-refractivity contribution in [2.45, 2.75) is 46.5 Å². The molecule has 1 saturated carbocycles. The summed E-state index contributed by atoms with van der Waals surface area (Å²) in [6, 6.07) is 0. The molecule has 1 atom stereocenters. The van der Waals surface area contributed by atoms with Crippen molar-refractivity contribution < 1.29 is 0 Å². The Morgan fingerprint density at radius 1 is 1.45 bits per heavy atom. The summed E-state index contributed by atoms with van der Waals surface area (Å²) >= 11 is 0. The molecule has 0 heteroatoms. The first-order valence-electron chi connectivity index (χ1n) is 4.88. The fourth-order valence-corrected chi connectivity index (χ4v) is 1.95. The molecule has 0 radical (unpaired) electrons. The molecular formula is C11H20. The van der Waals surface area contributed by atoms with Gasteiger partial charge in [0, 0.05) is 0 Å². The molecule has 0 aromatic heterocycles. The fraction of sp³-hybridized carbons (Fsp3) is 0.818. The van der Waals surface area contributed by atoms with Gasteiger partial charge in [0.2, 0.25) is 0 Å². The van der Waals surface area contributed by atoms with Crippen molar-refractivity contribution in [3.05, 3.63) is 11.6 Å². The minimum absolute atomic E-state index is 0.746. The van der Waals surface area contributed by atoms with Gasteiger partial charge in [0.05, 0.1) is 0 Å². The van der Waals surface area contributed by atoms with E-state index in [1.165, 1.54) is 25.7 Å². The van der Waals surface area contributed by atoms with Crippen LogP contribution < -0.4 is 0 Å². The Kier molecular flexibility index (Phi) is 3.16. The Labute approximate surface area is 70.7 Å². The SMILES string of the molecule is CC(C)/C=C1\CCCC(C)C1. The molecule has 0 amide bonds. The van der Waals surface area contributed by atoms with Crippen molar-refractivity contribution in [3.8, 4) is 0 Å². The van der Waals surface area contributed by atoms with Gasteiger partial charge in [0.25, 0.3) is 0 Å². The standard InChI is InChI=1S/C11H20/c1-9(2)7-11-6-4-5-10(3)8-11/h7,9-10H,4-6,8H2,1-3H3/b11-7+. The molecule has 1 aliphatic rings. The predicted molar refractivity (Wildman–Crippen MR) is 50.6 cm³/mol. The second-order valence-electron chi connectivity index (χ2n) is 4.27. The smallest absolute Gasteiger partial charge is 0.0288 e. The van der Waals surface area contributed by atoms with E-state index < -0.39 is 0 Å². The second kappa shape index (κ2) is 3.94. The zero-order valence-corrected chi connectivity index (χ0v) is 8.06. The minimum Gasteiger partial charge on any atom is -0.0828 e. The van der Waals surface area contributed by atoms with Crippen LogP contribution >= 0.6 is 0 Å². The van der Waals surface area contributed by atoms with Crippen molar-refractivity contribution in [2.75, 3.05) is 0 Å². The number of rotatable bonds is 1. The lowest BCUT2D eigenvalue weighted by atomic mass is 9.85. The molecule has 1 fully saturated rings. The Morgan fingerprint density at radius 3 is 2.73 bits per heavy atom. The molecule has 0 bridgehead atoms. The molecule has 0 aliphatic heterocycles. The maximum Gasteiger partial charge on any atom is -0.0288 e. The minimum atomic E-state index is 0.746. The van der Waals surface area contributed by atoms with Crippen LogP contribution in [0.15, 0.2) is 11.6 Å². The quantitative estimate of drug-likeness (QED) is 0.502. The van der Waals surface area contributed by atoms with E-state index in [1.807, 2.05) is 0 Å². The summed E-state index contributed by atoms with van der Waals surface area (Å²) in [7, 11) is 0. The second-order valence-corrected chi connectivity index (χ2v) is 4.27. The van der Waals surface area contributed by atoms with Gasteiger partial charge in [-0.05, 0) is 31.1 Å². The Hall–Kier alpha value is -0.260. The Morgan fingerprint density at radius 2 is 2.18 bits per heavy atom. The average molecular weight is 152 g/mol. The van der Waals surface area contributed by atoms with Crippen molar-refractivity contribution in [1.29, 1.82) is 0 Å². The van der Waals surface area contributed by atoms with Gasteiger partial charge in [0.15, 0.2) is 0 Å². The van der Waals surface area contributed by atoms with E-state index in [4.69, 9.17) is 0 Å². The maximum atomic E-state index is 2.45. The lowest BCUT2D eigenvalue weighted by Gasteiger charge is -2.21. The molecule has 1 aliphatic carbocycles. The van der Waals surface area contributed by atoms with Crippen LogP contribution in [-0.4, -0.2) is 0 Å². The lowest BCUT2D eigenvalue weighted by molar-refractivity contribution is 0.450. The van der Waals surface area contributed by atoms with E-state index >= 15 is 0 Å². The molecule has 0 aromatic carbocycles. The van der Waals surface area contributed by atoms with E-state index in [-0.39, 0.29) is 0 Å². The molecule has 11 heavy (non-hydrogen) atoms. The van der Waals surface area contributed by atoms with E-state index in [0.29, 0.717) is 0 Å². The summed E-state index contributed by atoms with van der Waals surface area (Å²) in [6.07, 6.45) is 8.03. The van der Waals surface area contributed by atoms with Crippen LogP contribution in [0.4, 0.5) is 0 Å². The normalized spacial score (nSPS) is 29.8. The highest BCUT2D eigenvalue weighted by Gasteiger charge is 2.12. The van der Waals surface area contributed by atoms with Crippen LogP contribution in [-0.2, 0) is 0 Å². The van der Waals surface area contributed by atoms with Crippen molar-refractivity contribution in [2.24, 2.45) is 11.8 Å². The summed E-state index contributed by atoms with van der Waals surface area (Å²) in [5.74, 6) is 1.68. The summed E-state index contributed by atoms with van der Waals surface area (Å²) < 4.78 is 0. The predicted octanol–water partition coefficient (Wildman–Crippen LogP) is 3.78. The van der Waals surface area contributed by atoms with Crippen LogP contribution in [0.1, 0.15) is 46.5 Å². The van der Waals surface area contributed by atoms with Crippen LogP contribution in [0.3, 0.4) is 0 Å². The summed E-state index contributed by atoms with van der Waals surface area (Å²) in [6.45, 7) is 6.91. The lowest BCUT2D eigenvalue weighted by Crippen LogP contribution is -2.05. The third-order valence-corrected chi connectivity index (χ3v) is 2.37. The third-order valence-electron chi connectivity index (χ3n) is 2.37. The molecular weight excluding hydrogens is 132 g/mol. The number of hydrogen-bond acceptors (Lipinski definition) is 0. The first-order valence-corrected chi connectivity index (χ1v) is 4.88. The van der Waals surface area contributed by atoms with E-state index in [9.17, 15) is 0 Å². The first kappa shape index (κ1) is 8.83.